The summed E-state index contributed by atoms with van der Waals surface area (Å²) in [7, 11) is 2.07. The molecule has 31 heavy (non-hydrogen) atoms. The Labute approximate surface area is 186 Å². The number of nitrogens with zero attached hydrogens (tertiary/aromatic N) is 2. The number of hydrogen-bond acceptors (Lipinski definition) is 2. The molecule has 1 N–H and O–H groups in total. The molecule has 0 fully saturated rings. The monoisotopic (exact) mass is 416 g/mol. The summed E-state index contributed by atoms with van der Waals surface area (Å²) < 4.78 is 2.18. The molecule has 4 nitrogen and oxygen atoms in total. The summed E-state index contributed by atoms with van der Waals surface area (Å²) in [6.45, 7) is 8.49. The number of aromatic nitrogens is 1. The molecule has 0 bridgehead atoms. The van der Waals surface area contributed by atoms with Crippen molar-refractivity contribution in [2.45, 2.75) is 40.0 Å². The van der Waals surface area contributed by atoms with Crippen LogP contribution < -0.4 is 14.8 Å². The Balaban J connectivity index is 1.76. The number of aryl methyl sites for hydroxylation is 1. The van der Waals surface area contributed by atoms with Crippen molar-refractivity contribution in [2.75, 3.05) is 23.3 Å². The van der Waals surface area contributed by atoms with Crippen LogP contribution in [0.5, 0.6) is 0 Å². The Morgan fingerprint density at radius 3 is 2.39 bits per heavy atom. The molecule has 0 saturated heterocycles. The molecule has 0 aliphatic rings. The SMILES string of the molecule is CCCCC(=O)Nc1ccc2c(ccc(/C=C/c3ccc(N(CC)CC)cc3)[n+]2C)c1. The van der Waals surface area contributed by atoms with Crippen molar-refractivity contribution in [1.82, 2.24) is 0 Å². The lowest BCUT2D eigenvalue weighted by atomic mass is 10.1. The van der Waals surface area contributed by atoms with Crippen molar-refractivity contribution in [3.63, 3.8) is 0 Å². The van der Waals surface area contributed by atoms with Gasteiger partial charge in [-0.05, 0) is 62.2 Å². The molecule has 2 aromatic carbocycles. The van der Waals surface area contributed by atoms with E-state index in [2.05, 4.69) is 97.2 Å². The van der Waals surface area contributed by atoms with Gasteiger partial charge in [-0.25, -0.2) is 0 Å². The molecular weight excluding hydrogens is 382 g/mol. The average molecular weight is 417 g/mol. The van der Waals surface area contributed by atoms with Crippen LogP contribution in [-0.2, 0) is 11.8 Å². The number of benzene rings is 2. The van der Waals surface area contributed by atoms with Crippen LogP contribution in [0.4, 0.5) is 11.4 Å². The number of anilines is 2. The van der Waals surface area contributed by atoms with Crippen molar-refractivity contribution < 1.29 is 9.36 Å². The van der Waals surface area contributed by atoms with E-state index in [9.17, 15) is 4.79 Å². The van der Waals surface area contributed by atoms with E-state index in [-0.39, 0.29) is 5.91 Å². The van der Waals surface area contributed by atoms with Gasteiger partial charge >= 0.3 is 0 Å². The third-order valence-corrected chi connectivity index (χ3v) is 5.72. The lowest BCUT2D eigenvalue weighted by Gasteiger charge is -2.20. The number of fused-ring (bicyclic) bond motifs is 1. The highest BCUT2D eigenvalue weighted by Gasteiger charge is 2.11. The summed E-state index contributed by atoms with van der Waals surface area (Å²) in [6.07, 6.45) is 6.81. The van der Waals surface area contributed by atoms with Crippen LogP contribution in [-0.4, -0.2) is 19.0 Å². The van der Waals surface area contributed by atoms with Gasteiger partial charge in [0.05, 0.1) is 0 Å². The Kier molecular flexibility index (Phi) is 7.82. The van der Waals surface area contributed by atoms with E-state index in [0.717, 1.165) is 48.2 Å². The fourth-order valence-electron chi connectivity index (χ4n) is 3.79. The fourth-order valence-corrected chi connectivity index (χ4v) is 3.79. The molecule has 0 radical (unpaired) electrons. The number of amides is 1. The normalized spacial score (nSPS) is 11.2. The lowest BCUT2D eigenvalue weighted by molar-refractivity contribution is -0.646. The zero-order valence-corrected chi connectivity index (χ0v) is 19.2. The van der Waals surface area contributed by atoms with E-state index in [0.29, 0.717) is 6.42 Å². The van der Waals surface area contributed by atoms with E-state index < -0.39 is 0 Å². The number of pyridine rings is 1. The van der Waals surface area contributed by atoms with Gasteiger partial charge in [-0.3, -0.25) is 4.79 Å². The summed E-state index contributed by atoms with van der Waals surface area (Å²) in [4.78, 5) is 14.4. The second-order valence-corrected chi connectivity index (χ2v) is 7.84. The average Bonchev–Trinajstić information content (AvgIpc) is 2.79. The quantitative estimate of drug-likeness (QED) is 0.447. The molecule has 162 valence electrons. The molecule has 0 saturated carbocycles. The molecule has 4 heteroatoms. The number of hydrogen-bond donors (Lipinski definition) is 1. The minimum Gasteiger partial charge on any atom is -0.372 e. The molecule has 1 heterocycles. The topological polar surface area (TPSA) is 36.2 Å². The largest absolute Gasteiger partial charge is 0.372 e. The predicted octanol–water partition coefficient (Wildman–Crippen LogP) is 5.81. The van der Waals surface area contributed by atoms with Crippen molar-refractivity contribution in [2.24, 2.45) is 7.05 Å². The first-order valence-electron chi connectivity index (χ1n) is 11.3. The van der Waals surface area contributed by atoms with Gasteiger partial charge < -0.3 is 10.2 Å². The Hall–Kier alpha value is -3.14. The first kappa shape index (κ1) is 22.5. The first-order chi connectivity index (χ1) is 15.0. The highest BCUT2D eigenvalue weighted by Crippen LogP contribution is 2.19. The molecule has 0 aliphatic carbocycles. The van der Waals surface area contributed by atoms with Gasteiger partial charge in [-0.15, -0.1) is 0 Å². The summed E-state index contributed by atoms with van der Waals surface area (Å²) in [5.74, 6) is 0.0807. The standard InChI is InChI=1S/C27H33N3O/c1-5-8-9-27(31)28-23-14-19-26-22(20-23)13-18-24(29(26)4)15-10-21-11-16-25(17-12-21)30(6-2)7-3/h10-20H,5-9H2,1-4H3/p+1. The van der Waals surface area contributed by atoms with Crippen molar-refractivity contribution in [3.05, 3.63) is 65.9 Å². The predicted molar refractivity (Wildman–Crippen MR) is 132 cm³/mol. The summed E-state index contributed by atoms with van der Waals surface area (Å²) in [5.41, 5.74) is 5.55. The first-order valence-corrected chi connectivity index (χ1v) is 11.3. The number of carbonyl (C=O) groups is 1. The van der Waals surface area contributed by atoms with E-state index in [1.165, 1.54) is 11.3 Å². The van der Waals surface area contributed by atoms with E-state index >= 15 is 0 Å². The van der Waals surface area contributed by atoms with Crippen LogP contribution in [0.25, 0.3) is 23.1 Å². The lowest BCUT2D eigenvalue weighted by Crippen LogP contribution is -2.32. The van der Waals surface area contributed by atoms with E-state index in [1.807, 2.05) is 12.1 Å². The molecule has 1 aromatic heterocycles. The number of unbranched alkanes of at least 4 members (excludes halogenated alkanes) is 1. The van der Waals surface area contributed by atoms with Gasteiger partial charge in [0.25, 0.3) is 0 Å². The maximum Gasteiger partial charge on any atom is 0.224 e. The number of rotatable bonds is 9. The van der Waals surface area contributed by atoms with E-state index in [4.69, 9.17) is 0 Å². The zero-order chi connectivity index (χ0) is 22.2. The van der Waals surface area contributed by atoms with Crippen LogP contribution in [0.15, 0.2) is 54.6 Å². The van der Waals surface area contributed by atoms with Crippen LogP contribution in [0, 0.1) is 0 Å². The molecular formula is C27H34N3O+. The van der Waals surface area contributed by atoms with Gasteiger partial charge in [0.1, 0.15) is 7.05 Å². The highest BCUT2D eigenvalue weighted by atomic mass is 16.1. The Morgan fingerprint density at radius 1 is 0.968 bits per heavy atom. The molecule has 0 spiro atoms. The van der Waals surface area contributed by atoms with Crippen LogP contribution in [0.3, 0.4) is 0 Å². The van der Waals surface area contributed by atoms with Crippen LogP contribution in [0.1, 0.15) is 51.3 Å². The summed E-state index contributed by atoms with van der Waals surface area (Å²) >= 11 is 0. The van der Waals surface area contributed by atoms with Crippen LogP contribution >= 0.6 is 0 Å². The zero-order valence-electron chi connectivity index (χ0n) is 19.2. The third kappa shape index (κ3) is 5.72. The molecule has 1 amide bonds. The number of nitrogens with one attached hydrogen (secondary N) is 1. The van der Waals surface area contributed by atoms with Crippen LogP contribution in [0.2, 0.25) is 0 Å². The second-order valence-electron chi connectivity index (χ2n) is 7.84. The van der Waals surface area contributed by atoms with Crippen molar-refractivity contribution in [3.8, 4) is 0 Å². The van der Waals surface area contributed by atoms with Crippen molar-refractivity contribution in [1.29, 1.82) is 0 Å². The molecule has 0 atom stereocenters. The molecule has 0 unspecified atom stereocenters. The molecule has 0 aliphatic heterocycles. The van der Waals surface area contributed by atoms with Gasteiger partial charge in [0.2, 0.25) is 17.1 Å². The Morgan fingerprint density at radius 2 is 1.71 bits per heavy atom. The fraction of sp³-hybridized carbons (Fsp3) is 0.333. The molecule has 3 rings (SSSR count). The van der Waals surface area contributed by atoms with Gasteiger partial charge in [0.15, 0.2) is 0 Å². The minimum absolute atomic E-state index is 0.0807. The second kappa shape index (κ2) is 10.8. The third-order valence-electron chi connectivity index (χ3n) is 5.72. The molecule has 3 aromatic rings. The minimum atomic E-state index is 0.0807. The van der Waals surface area contributed by atoms with Gasteiger partial charge in [-0.2, -0.15) is 4.57 Å². The van der Waals surface area contributed by atoms with E-state index in [1.54, 1.807) is 0 Å². The van der Waals surface area contributed by atoms with Gasteiger partial charge in [-0.1, -0.05) is 25.5 Å². The Bertz CT molecular complexity index is 1050. The van der Waals surface area contributed by atoms with Gasteiger partial charge in [0, 0.05) is 54.5 Å². The van der Waals surface area contributed by atoms with Crippen molar-refractivity contribution >= 4 is 40.3 Å². The maximum absolute atomic E-state index is 12.0. The summed E-state index contributed by atoms with van der Waals surface area (Å²) in [6, 6.07) is 19.0. The smallest absolute Gasteiger partial charge is 0.224 e. The highest BCUT2D eigenvalue weighted by molar-refractivity contribution is 5.93. The maximum atomic E-state index is 12.0. The summed E-state index contributed by atoms with van der Waals surface area (Å²) in [5, 5.41) is 4.11. The number of carbonyl (C=O) groups excluding carboxylic acids is 1.